The van der Waals surface area contributed by atoms with E-state index in [4.69, 9.17) is 10.5 Å². The number of aliphatic hydroxyl groups excluding tert-OH is 2. The molecule has 10 nitrogen and oxygen atoms in total. The number of hydrogen-bond donors (Lipinski definition) is 4. The number of hydrogen-bond acceptors (Lipinski definition) is 9. The second-order valence-electron chi connectivity index (χ2n) is 9.94. The van der Waals surface area contributed by atoms with Gasteiger partial charge >= 0.3 is 5.97 Å². The number of carbonyl (C=O) groups excluding carboxylic acids is 4. The minimum atomic E-state index is -1.16. The van der Waals surface area contributed by atoms with E-state index in [1.807, 2.05) is 19.0 Å². The number of phenolic OH excluding ortho intramolecular Hbond substituents is 1. The highest BCUT2D eigenvalue weighted by molar-refractivity contribution is 6.22. The maximum Gasteiger partial charge on any atom is 0.330 e. The normalized spacial score (nSPS) is 23.3. The van der Waals surface area contributed by atoms with E-state index in [9.17, 15) is 34.5 Å². The Morgan fingerprint density at radius 2 is 1.89 bits per heavy atom. The molecular weight excluding hydrogens is 480 g/mol. The van der Waals surface area contributed by atoms with Crippen LogP contribution in [0, 0.1) is 17.8 Å². The van der Waals surface area contributed by atoms with Gasteiger partial charge in [-0.3, -0.25) is 14.4 Å². The number of ether oxygens (including phenoxy) is 1. The maximum atomic E-state index is 13.5. The number of amides is 1. The summed E-state index contributed by atoms with van der Waals surface area (Å²) in [6.07, 6.45) is 4.00. The Bertz CT molecular complexity index is 1270. The Morgan fingerprint density at radius 3 is 2.57 bits per heavy atom. The monoisotopic (exact) mass is 510 g/mol. The molecule has 37 heavy (non-hydrogen) atoms. The van der Waals surface area contributed by atoms with E-state index in [0.29, 0.717) is 24.0 Å². The molecule has 3 aliphatic carbocycles. The van der Waals surface area contributed by atoms with Crippen molar-refractivity contribution < 1.29 is 39.2 Å². The first-order valence-corrected chi connectivity index (χ1v) is 12.1. The molecule has 0 bridgehead atoms. The summed E-state index contributed by atoms with van der Waals surface area (Å²) in [6, 6.07) is 2.93. The van der Waals surface area contributed by atoms with Crippen molar-refractivity contribution in [1.82, 2.24) is 4.90 Å². The van der Waals surface area contributed by atoms with Gasteiger partial charge in [0.2, 0.25) is 0 Å². The SMILES string of the molecule is CN(C)CCCOC(=O)/C=C/c1ccc(O)c2c1CC1CC3CC(O)=C(C(N)=O)C(=O)C3C(O)=C1C2=O. The highest BCUT2D eigenvalue weighted by Crippen LogP contribution is 2.49. The van der Waals surface area contributed by atoms with Crippen LogP contribution in [0.5, 0.6) is 5.75 Å². The van der Waals surface area contributed by atoms with E-state index < -0.39 is 58.3 Å². The van der Waals surface area contributed by atoms with Gasteiger partial charge in [-0.25, -0.2) is 4.79 Å². The third-order valence-electron chi connectivity index (χ3n) is 7.20. The molecule has 3 atom stereocenters. The molecule has 0 radical (unpaired) electrons. The van der Waals surface area contributed by atoms with Crippen LogP contribution in [0.2, 0.25) is 0 Å². The van der Waals surface area contributed by atoms with Crippen molar-refractivity contribution in [3.8, 4) is 5.75 Å². The molecule has 0 aliphatic heterocycles. The zero-order valence-corrected chi connectivity index (χ0v) is 20.7. The van der Waals surface area contributed by atoms with E-state index >= 15 is 0 Å². The van der Waals surface area contributed by atoms with Gasteiger partial charge in [-0.1, -0.05) is 6.07 Å². The van der Waals surface area contributed by atoms with E-state index in [-0.39, 0.29) is 36.3 Å². The Morgan fingerprint density at radius 1 is 1.16 bits per heavy atom. The van der Waals surface area contributed by atoms with Crippen LogP contribution in [0.1, 0.15) is 40.7 Å². The lowest BCUT2D eigenvalue weighted by molar-refractivity contribution is -0.137. The number of ketones is 2. The fraction of sp³-hybridized carbons (Fsp3) is 0.407. The Kier molecular flexibility index (Phi) is 7.22. The van der Waals surface area contributed by atoms with Crippen LogP contribution in [0.4, 0.5) is 0 Å². The number of allylic oxidation sites excluding steroid dienone is 3. The van der Waals surface area contributed by atoms with E-state index in [1.54, 1.807) is 6.07 Å². The molecule has 1 aromatic rings. The van der Waals surface area contributed by atoms with Gasteiger partial charge in [0.1, 0.15) is 22.8 Å². The van der Waals surface area contributed by atoms with Crippen molar-refractivity contribution in [3.63, 3.8) is 0 Å². The molecule has 1 amide bonds. The topological polar surface area (TPSA) is 167 Å². The van der Waals surface area contributed by atoms with Crippen molar-refractivity contribution in [2.24, 2.45) is 23.5 Å². The summed E-state index contributed by atoms with van der Waals surface area (Å²) in [5.41, 5.74) is 5.77. The molecule has 3 aliphatic rings. The lowest BCUT2D eigenvalue weighted by Crippen LogP contribution is -2.43. The Labute approximate surface area is 213 Å². The van der Waals surface area contributed by atoms with E-state index in [2.05, 4.69) is 0 Å². The van der Waals surface area contributed by atoms with Crippen LogP contribution in [0.25, 0.3) is 6.08 Å². The average molecular weight is 511 g/mol. The van der Waals surface area contributed by atoms with Crippen molar-refractivity contribution in [2.75, 3.05) is 27.2 Å². The quantitative estimate of drug-likeness (QED) is 0.185. The van der Waals surface area contributed by atoms with Gasteiger partial charge in [-0.05, 0) is 68.5 Å². The number of carbonyl (C=O) groups is 4. The minimum absolute atomic E-state index is 0.00507. The lowest BCUT2D eigenvalue weighted by Gasteiger charge is -2.41. The Balaban J connectivity index is 1.63. The predicted octanol–water partition coefficient (Wildman–Crippen LogP) is 1.97. The number of Topliss-reactive ketones (excluding diaryl/α,β-unsaturated/α-hetero) is 2. The molecule has 4 rings (SSSR count). The molecule has 0 aromatic heterocycles. The van der Waals surface area contributed by atoms with Crippen molar-refractivity contribution in [1.29, 1.82) is 0 Å². The van der Waals surface area contributed by atoms with Gasteiger partial charge < -0.3 is 30.7 Å². The summed E-state index contributed by atoms with van der Waals surface area (Å²) >= 11 is 0. The molecule has 0 spiro atoms. The highest BCUT2D eigenvalue weighted by Gasteiger charge is 2.50. The molecule has 0 saturated carbocycles. The third-order valence-corrected chi connectivity index (χ3v) is 7.20. The smallest absolute Gasteiger partial charge is 0.330 e. The molecular formula is C27H30N2O8. The van der Waals surface area contributed by atoms with E-state index in [0.717, 1.165) is 6.54 Å². The number of phenols is 1. The van der Waals surface area contributed by atoms with Gasteiger partial charge in [-0.2, -0.15) is 0 Å². The van der Waals surface area contributed by atoms with Crippen LogP contribution in [-0.4, -0.2) is 70.9 Å². The van der Waals surface area contributed by atoms with Crippen LogP contribution in [0.3, 0.4) is 0 Å². The largest absolute Gasteiger partial charge is 0.511 e. The van der Waals surface area contributed by atoms with E-state index in [1.165, 1.54) is 18.2 Å². The number of nitrogens with two attached hydrogens (primary N) is 1. The van der Waals surface area contributed by atoms with Gasteiger partial charge in [0, 0.05) is 24.6 Å². The van der Waals surface area contributed by atoms with Crippen LogP contribution >= 0.6 is 0 Å². The van der Waals surface area contributed by atoms with Gasteiger partial charge in [0.25, 0.3) is 5.91 Å². The third kappa shape index (κ3) is 4.89. The first kappa shape index (κ1) is 26.2. The van der Waals surface area contributed by atoms with Crippen LogP contribution in [0.15, 0.2) is 40.9 Å². The highest BCUT2D eigenvalue weighted by atomic mass is 16.5. The average Bonchev–Trinajstić information content (AvgIpc) is 2.80. The van der Waals surface area contributed by atoms with Crippen LogP contribution in [-0.2, 0) is 25.5 Å². The zero-order chi connectivity index (χ0) is 27.0. The van der Waals surface area contributed by atoms with Crippen molar-refractivity contribution >= 4 is 29.5 Å². The second kappa shape index (κ2) is 10.2. The molecule has 5 N–H and O–H groups in total. The summed E-state index contributed by atoms with van der Waals surface area (Å²) in [6.45, 7) is 1.04. The van der Waals surface area contributed by atoms with Gasteiger partial charge in [0.05, 0.1) is 18.1 Å². The van der Waals surface area contributed by atoms with Gasteiger partial charge in [0.15, 0.2) is 11.6 Å². The first-order chi connectivity index (χ1) is 17.5. The number of aromatic hydroxyl groups is 1. The molecule has 0 saturated heterocycles. The summed E-state index contributed by atoms with van der Waals surface area (Å²) in [7, 11) is 3.85. The minimum Gasteiger partial charge on any atom is -0.511 e. The Hall–Kier alpha value is -3.92. The second-order valence-corrected chi connectivity index (χ2v) is 9.94. The predicted molar refractivity (Wildman–Crippen MR) is 133 cm³/mol. The molecule has 196 valence electrons. The first-order valence-electron chi connectivity index (χ1n) is 12.1. The maximum absolute atomic E-state index is 13.5. The number of esters is 1. The van der Waals surface area contributed by atoms with Crippen molar-refractivity contribution in [2.45, 2.75) is 25.7 Å². The zero-order valence-electron chi connectivity index (χ0n) is 20.7. The molecule has 10 heteroatoms. The molecule has 3 unspecified atom stereocenters. The fourth-order valence-electron chi connectivity index (χ4n) is 5.58. The van der Waals surface area contributed by atoms with Crippen molar-refractivity contribution in [3.05, 3.63) is 57.6 Å². The number of primary amides is 1. The molecule has 0 heterocycles. The number of rotatable bonds is 7. The summed E-state index contributed by atoms with van der Waals surface area (Å²) < 4.78 is 5.21. The fourth-order valence-corrected chi connectivity index (χ4v) is 5.58. The number of fused-ring (bicyclic) bond motifs is 3. The number of aliphatic hydroxyl groups is 2. The number of nitrogens with zero attached hydrogens (tertiary/aromatic N) is 1. The van der Waals surface area contributed by atoms with Crippen LogP contribution < -0.4 is 5.73 Å². The number of benzene rings is 1. The molecule has 1 aromatic carbocycles. The molecule has 0 fully saturated rings. The summed E-state index contributed by atoms with van der Waals surface area (Å²) in [5, 5.41) is 31.8. The lowest BCUT2D eigenvalue weighted by atomic mass is 9.62. The summed E-state index contributed by atoms with van der Waals surface area (Å²) in [4.78, 5) is 52.3. The van der Waals surface area contributed by atoms with Gasteiger partial charge in [-0.15, -0.1) is 0 Å². The summed E-state index contributed by atoms with van der Waals surface area (Å²) in [5.74, 6) is -6.37. The standard InChI is InChI=1S/C27H30N2O8/c1-29(2)8-3-9-37-19(32)7-5-13-4-6-17(30)22-16(13)11-14-10-15-12-18(31)23(27(28)36)26(35)21(15)24(33)20(14)25(22)34/h4-7,14-15,21,30-31,33H,3,8-12H2,1-2H3,(H2,28,36)/b7-5+.